The second kappa shape index (κ2) is 14.2. The molecule has 0 aromatic heterocycles. The van der Waals surface area contributed by atoms with E-state index in [2.05, 4.69) is 15.4 Å². The summed E-state index contributed by atoms with van der Waals surface area (Å²) in [6, 6.07) is 4.39. The third kappa shape index (κ3) is 9.38. The third-order valence-corrected chi connectivity index (χ3v) is 5.92. The van der Waals surface area contributed by atoms with Gasteiger partial charge in [0.2, 0.25) is 11.8 Å². The second-order valence-corrected chi connectivity index (χ2v) is 9.11. The van der Waals surface area contributed by atoms with E-state index in [9.17, 15) is 37.5 Å². The number of hydrogen-bond donors (Lipinski definition) is 4. The molecule has 4 N–H and O–H groups in total. The van der Waals surface area contributed by atoms with Crippen molar-refractivity contribution in [2.24, 2.45) is 0 Å². The van der Waals surface area contributed by atoms with Crippen LogP contribution in [0.3, 0.4) is 0 Å². The first-order valence-electron chi connectivity index (χ1n) is 12.4. The number of ether oxygens (including phenoxy) is 4. The summed E-state index contributed by atoms with van der Waals surface area (Å²) in [5.74, 6) is -3.45. The van der Waals surface area contributed by atoms with Crippen LogP contribution in [-0.4, -0.2) is 97.2 Å². The summed E-state index contributed by atoms with van der Waals surface area (Å²) in [5, 5.41) is 23.7. The van der Waals surface area contributed by atoms with Crippen LogP contribution in [0.5, 0.6) is 0 Å². The number of benzene rings is 1. The molecule has 1 heterocycles. The molecular weight excluding hydrogens is 557 g/mol. The fraction of sp³-hybridized carbons (Fsp3) is 0.462. The molecule has 41 heavy (non-hydrogen) atoms. The summed E-state index contributed by atoms with van der Waals surface area (Å²) in [7, 11) is 0. The lowest BCUT2D eigenvalue weighted by Gasteiger charge is -2.31. The Labute approximate surface area is 232 Å². The number of amides is 2. The maximum atomic E-state index is 13.0. The topological polar surface area (TPSA) is 170 Å². The van der Waals surface area contributed by atoms with Crippen molar-refractivity contribution in [1.82, 2.24) is 10.6 Å². The highest BCUT2D eigenvalue weighted by molar-refractivity contribution is 5.97. The van der Waals surface area contributed by atoms with Crippen molar-refractivity contribution >= 4 is 29.8 Å². The van der Waals surface area contributed by atoms with Crippen molar-refractivity contribution in [3.8, 4) is 0 Å². The number of rotatable bonds is 11. The van der Waals surface area contributed by atoms with E-state index in [0.717, 1.165) is 6.08 Å². The Hall–Kier alpha value is -3.79. The number of alkyl halides is 3. The lowest BCUT2D eigenvalue weighted by Crippen LogP contribution is -2.54. The van der Waals surface area contributed by atoms with Gasteiger partial charge in [0.25, 0.3) is 0 Å². The van der Waals surface area contributed by atoms with Gasteiger partial charge < -0.3 is 39.8 Å². The highest BCUT2D eigenvalue weighted by Gasteiger charge is 2.43. The first-order valence-corrected chi connectivity index (χ1v) is 12.4. The summed E-state index contributed by atoms with van der Waals surface area (Å²) in [6.45, 7) is -0.963. The molecule has 2 aliphatic rings. The zero-order chi connectivity index (χ0) is 30.2. The number of aliphatic hydroxyl groups excluding tert-OH is 2. The van der Waals surface area contributed by atoms with E-state index >= 15 is 0 Å². The van der Waals surface area contributed by atoms with Gasteiger partial charge in [0, 0.05) is 24.6 Å². The number of carbonyl (C=O) groups is 4. The highest BCUT2D eigenvalue weighted by Crippen LogP contribution is 2.31. The number of hydrogen-bond acceptors (Lipinski definition) is 10. The number of aliphatic hydroxyl groups is 2. The van der Waals surface area contributed by atoms with Crippen LogP contribution in [0.1, 0.15) is 29.3 Å². The highest BCUT2D eigenvalue weighted by atomic mass is 19.4. The van der Waals surface area contributed by atoms with E-state index in [1.807, 2.05) is 0 Å². The van der Waals surface area contributed by atoms with E-state index in [0.29, 0.717) is 5.56 Å². The van der Waals surface area contributed by atoms with Crippen molar-refractivity contribution < 1.29 is 61.5 Å². The van der Waals surface area contributed by atoms with E-state index < -0.39 is 67.0 Å². The van der Waals surface area contributed by atoms with Gasteiger partial charge in [0.1, 0.15) is 31.1 Å². The Kier molecular flexibility index (Phi) is 11.0. The molecular formula is C26H29F3N2O10. The Morgan fingerprint density at radius 3 is 2.66 bits per heavy atom. The number of halogens is 3. The molecule has 1 aromatic carbocycles. The van der Waals surface area contributed by atoms with E-state index in [-0.39, 0.29) is 37.5 Å². The van der Waals surface area contributed by atoms with Crippen molar-refractivity contribution in [2.75, 3.05) is 26.6 Å². The molecule has 1 aliphatic carbocycles. The summed E-state index contributed by atoms with van der Waals surface area (Å²) in [5.41, 5.74) is 0.458. The fourth-order valence-electron chi connectivity index (χ4n) is 3.99. The third-order valence-electron chi connectivity index (χ3n) is 5.92. The summed E-state index contributed by atoms with van der Waals surface area (Å²) >= 11 is 0. The van der Waals surface area contributed by atoms with Gasteiger partial charge in [0.15, 0.2) is 6.61 Å². The van der Waals surface area contributed by atoms with Crippen LogP contribution in [0, 0.1) is 0 Å². The van der Waals surface area contributed by atoms with Crippen molar-refractivity contribution in [3.05, 3.63) is 53.1 Å². The molecule has 1 saturated heterocycles. The molecule has 2 amide bonds. The minimum atomic E-state index is -4.66. The minimum Gasteiger partial charge on any atom is -0.456 e. The Morgan fingerprint density at radius 2 is 1.98 bits per heavy atom. The molecule has 224 valence electrons. The van der Waals surface area contributed by atoms with Crippen molar-refractivity contribution in [1.29, 1.82) is 0 Å². The quantitative estimate of drug-likeness (QED) is 0.210. The average molecular weight is 587 g/mol. The molecule has 5 unspecified atom stereocenters. The van der Waals surface area contributed by atoms with Crippen LogP contribution >= 0.6 is 0 Å². The van der Waals surface area contributed by atoms with Gasteiger partial charge in [-0.2, -0.15) is 13.2 Å². The van der Waals surface area contributed by atoms with Gasteiger partial charge in [-0.05, 0) is 36.8 Å². The lowest BCUT2D eigenvalue weighted by molar-refractivity contribution is -0.182. The number of carbonyl (C=O) groups excluding carboxylic acids is 4. The molecule has 3 rings (SSSR count). The smallest absolute Gasteiger partial charge is 0.422 e. The first kappa shape index (κ1) is 31.7. The monoisotopic (exact) mass is 586 g/mol. The second-order valence-electron chi connectivity index (χ2n) is 9.11. The molecule has 0 spiro atoms. The molecule has 0 bridgehead atoms. The normalized spacial score (nSPS) is 21.8. The van der Waals surface area contributed by atoms with Gasteiger partial charge >= 0.3 is 18.1 Å². The lowest BCUT2D eigenvalue weighted by atomic mass is 9.91. The Morgan fingerprint density at radius 1 is 1.22 bits per heavy atom. The van der Waals surface area contributed by atoms with Crippen molar-refractivity contribution in [3.63, 3.8) is 0 Å². The largest absolute Gasteiger partial charge is 0.456 e. The summed E-state index contributed by atoms with van der Waals surface area (Å²) < 4.78 is 57.3. The predicted octanol–water partition coefficient (Wildman–Crippen LogP) is 0.376. The van der Waals surface area contributed by atoms with Gasteiger partial charge in [-0.1, -0.05) is 12.1 Å². The van der Waals surface area contributed by atoms with Gasteiger partial charge in [-0.3, -0.25) is 9.59 Å². The first-order chi connectivity index (χ1) is 19.4. The summed E-state index contributed by atoms with van der Waals surface area (Å²) in [4.78, 5) is 49.7. The van der Waals surface area contributed by atoms with Crippen LogP contribution in [-0.2, 0) is 33.3 Å². The van der Waals surface area contributed by atoms with E-state index in [1.54, 1.807) is 0 Å². The molecule has 12 nitrogen and oxygen atoms in total. The zero-order valence-electron chi connectivity index (χ0n) is 21.8. The van der Waals surface area contributed by atoms with E-state index in [1.165, 1.54) is 43.3 Å². The van der Waals surface area contributed by atoms with Crippen LogP contribution in [0.25, 0.3) is 6.08 Å². The molecule has 1 fully saturated rings. The number of esters is 2. The Balaban J connectivity index is 1.67. The number of fused-ring (bicyclic) bond motifs is 1. The average Bonchev–Trinajstić information content (AvgIpc) is 3.41. The van der Waals surface area contributed by atoms with Gasteiger partial charge in [-0.25, -0.2) is 9.59 Å². The Bertz CT molecular complexity index is 1180. The molecule has 1 aliphatic heterocycles. The molecule has 0 saturated carbocycles. The minimum absolute atomic E-state index is 0.0431. The maximum absolute atomic E-state index is 13.0. The zero-order valence-corrected chi connectivity index (χ0v) is 21.8. The van der Waals surface area contributed by atoms with Crippen LogP contribution in [0.2, 0.25) is 0 Å². The van der Waals surface area contributed by atoms with Crippen LogP contribution in [0.4, 0.5) is 13.2 Å². The predicted molar refractivity (Wildman–Crippen MR) is 133 cm³/mol. The van der Waals surface area contributed by atoms with Crippen molar-refractivity contribution in [2.45, 2.75) is 50.0 Å². The molecule has 1 aromatic rings. The molecule has 15 heteroatoms. The SMILES string of the molecule is CC(O)C(NC(=O)C1=CC2OCOC2C(OC(=O)c2cccc(C=CC(=O)OCC(F)(F)F)c2)C1)C(=O)NCCO. The molecule has 0 radical (unpaired) electrons. The van der Waals surface area contributed by atoms with Gasteiger partial charge in [-0.15, -0.1) is 0 Å². The summed E-state index contributed by atoms with van der Waals surface area (Å²) in [6.07, 6.45) is -5.07. The van der Waals surface area contributed by atoms with Crippen LogP contribution in [0.15, 0.2) is 42.0 Å². The standard InChI is InChI=1S/C26H29F3N2O10/c1-14(33)21(24(36)30-7-8-32)31-23(35)17-10-18-22(40-13-39-18)19(11-17)41-25(37)16-4-2-3-15(9-16)5-6-20(34)38-12-26(27,28)29/h2-6,9-10,14,18-19,21-22,32-33H,7-8,11-13H2,1H3,(H,30,36)(H,31,35). The fourth-order valence-corrected chi connectivity index (χ4v) is 3.99. The molecule has 5 atom stereocenters. The van der Waals surface area contributed by atoms with Crippen LogP contribution < -0.4 is 10.6 Å². The van der Waals surface area contributed by atoms with Gasteiger partial charge in [0.05, 0.1) is 18.3 Å². The van der Waals surface area contributed by atoms with E-state index in [4.69, 9.17) is 19.3 Å². The number of nitrogens with one attached hydrogen (secondary N) is 2. The maximum Gasteiger partial charge on any atom is 0.422 e.